The Bertz CT molecular complexity index is 1470. The van der Waals surface area contributed by atoms with Crippen molar-refractivity contribution in [1.29, 1.82) is 0 Å². The van der Waals surface area contributed by atoms with Crippen LogP contribution in [0.4, 0.5) is 0 Å². The molecule has 0 saturated heterocycles. The maximum Gasteiger partial charge on any atom is 0.342 e. The molecule has 4 aromatic carbocycles. The number of rotatable bonds is 5. The summed E-state index contributed by atoms with van der Waals surface area (Å²) in [4.78, 5) is 13.4. The minimum absolute atomic E-state index is 0.314. The second-order valence-corrected chi connectivity index (χ2v) is 8.36. The van der Waals surface area contributed by atoms with Gasteiger partial charge in [-0.1, -0.05) is 96.5 Å². The van der Waals surface area contributed by atoms with Crippen molar-refractivity contribution in [2.24, 2.45) is 0 Å². The summed E-state index contributed by atoms with van der Waals surface area (Å²) < 4.78 is 12.6. The molecule has 3 nitrogen and oxygen atoms in total. The van der Waals surface area contributed by atoms with E-state index in [0.717, 1.165) is 32.3 Å². The van der Waals surface area contributed by atoms with Gasteiger partial charge in [-0.25, -0.2) is 4.79 Å². The number of halogens is 1. The first-order valence-electron chi connectivity index (χ1n) is 11.0. The first-order chi connectivity index (χ1) is 16.1. The molecular formula is C29H23ClO3. The summed E-state index contributed by atoms with van der Waals surface area (Å²) in [6.45, 7) is 2.28. The zero-order chi connectivity index (χ0) is 22.8. The van der Waals surface area contributed by atoms with Gasteiger partial charge in [-0.3, -0.25) is 0 Å². The maximum atomic E-state index is 13.4. The van der Waals surface area contributed by atoms with Crippen molar-refractivity contribution in [1.82, 2.24) is 0 Å². The Kier molecular flexibility index (Phi) is 5.76. The molecule has 0 radical (unpaired) electrons. The fourth-order valence-corrected chi connectivity index (χ4v) is 4.78. The van der Waals surface area contributed by atoms with Gasteiger partial charge in [0.15, 0.2) is 0 Å². The van der Waals surface area contributed by atoms with E-state index < -0.39 is 11.8 Å². The number of ether oxygens (including phenoxy) is 2. The molecular weight excluding hydrogens is 432 g/mol. The molecule has 4 aromatic rings. The van der Waals surface area contributed by atoms with Gasteiger partial charge >= 0.3 is 5.97 Å². The second kappa shape index (κ2) is 8.86. The van der Waals surface area contributed by atoms with Gasteiger partial charge in [-0.2, -0.15) is 0 Å². The van der Waals surface area contributed by atoms with Gasteiger partial charge in [-0.05, 0) is 45.8 Å². The summed E-state index contributed by atoms with van der Waals surface area (Å²) in [5, 5.41) is 4.60. The predicted octanol–water partition coefficient (Wildman–Crippen LogP) is 5.47. The first kappa shape index (κ1) is 21.4. The Hall–Kier alpha value is -3.40. The number of hydrogen-bond acceptors (Lipinski definition) is 3. The lowest BCUT2D eigenvalue weighted by Crippen LogP contribution is -2.48. The highest BCUT2D eigenvalue weighted by atomic mass is 35.5. The van der Waals surface area contributed by atoms with Crippen LogP contribution in [-0.4, -0.2) is 18.4 Å². The molecule has 0 amide bonds. The number of esters is 1. The SMILES string of the molecule is CCOC1(OC(=O)c2ccccc2Cl)CC=c2ccccc2=C1c1cccc2ccccc12. The maximum absolute atomic E-state index is 13.4. The van der Waals surface area contributed by atoms with Crippen LogP contribution in [0.15, 0.2) is 91.0 Å². The zero-order valence-corrected chi connectivity index (χ0v) is 19.0. The summed E-state index contributed by atoms with van der Waals surface area (Å²) in [6, 6.07) is 29.4. The van der Waals surface area contributed by atoms with Gasteiger partial charge in [0.05, 0.1) is 10.6 Å². The molecule has 0 spiro atoms. The molecule has 4 heteroatoms. The van der Waals surface area contributed by atoms with Gasteiger partial charge in [0.1, 0.15) is 0 Å². The fraction of sp³-hybridized carbons (Fsp3) is 0.138. The van der Waals surface area contributed by atoms with Crippen molar-refractivity contribution in [3.8, 4) is 0 Å². The summed E-state index contributed by atoms with van der Waals surface area (Å²) in [7, 11) is 0. The third kappa shape index (κ3) is 3.84. The van der Waals surface area contributed by atoms with E-state index in [2.05, 4.69) is 42.5 Å². The van der Waals surface area contributed by atoms with Gasteiger partial charge < -0.3 is 9.47 Å². The smallest absolute Gasteiger partial charge is 0.342 e. The van der Waals surface area contributed by atoms with Gasteiger partial charge in [-0.15, -0.1) is 0 Å². The van der Waals surface area contributed by atoms with Crippen molar-refractivity contribution in [2.45, 2.75) is 19.1 Å². The van der Waals surface area contributed by atoms with Crippen molar-refractivity contribution in [3.63, 3.8) is 0 Å². The average Bonchev–Trinajstić information content (AvgIpc) is 2.84. The molecule has 1 unspecified atom stereocenters. The van der Waals surface area contributed by atoms with Gasteiger partial charge in [0, 0.05) is 18.6 Å². The van der Waals surface area contributed by atoms with Gasteiger partial charge in [0.25, 0.3) is 0 Å². The highest BCUT2D eigenvalue weighted by molar-refractivity contribution is 6.33. The second-order valence-electron chi connectivity index (χ2n) is 7.95. The monoisotopic (exact) mass is 454 g/mol. The standard InChI is InChI=1S/C29H23ClO3/c1-2-32-29(33-28(31)25-15-7-8-17-26(25)30)19-18-21-11-4-6-14-23(21)27(29)24-16-9-12-20-10-3-5-13-22(20)24/h3-18H,2,19H2,1H3. The van der Waals surface area contributed by atoms with Crippen LogP contribution in [0.1, 0.15) is 29.3 Å². The van der Waals surface area contributed by atoms with E-state index in [9.17, 15) is 4.79 Å². The lowest BCUT2D eigenvalue weighted by atomic mass is 9.85. The van der Waals surface area contributed by atoms with Crippen LogP contribution in [0.2, 0.25) is 5.02 Å². The molecule has 1 atom stereocenters. The molecule has 0 bridgehead atoms. The molecule has 164 valence electrons. The fourth-order valence-electron chi connectivity index (χ4n) is 4.57. The van der Waals surface area contributed by atoms with Crippen molar-refractivity contribution in [2.75, 3.05) is 6.61 Å². The number of fused-ring (bicyclic) bond motifs is 2. The van der Waals surface area contributed by atoms with E-state index in [-0.39, 0.29) is 0 Å². The average molecular weight is 455 g/mol. The zero-order valence-electron chi connectivity index (χ0n) is 18.3. The quantitative estimate of drug-likeness (QED) is 0.296. The normalized spacial score (nSPS) is 17.3. The van der Waals surface area contributed by atoms with Crippen LogP contribution in [0.5, 0.6) is 0 Å². The highest BCUT2D eigenvalue weighted by Gasteiger charge is 2.42. The Labute approximate surface area is 197 Å². The molecule has 1 aliphatic carbocycles. The molecule has 0 N–H and O–H groups in total. The molecule has 0 aromatic heterocycles. The molecule has 1 aliphatic rings. The van der Waals surface area contributed by atoms with Crippen LogP contribution in [-0.2, 0) is 9.47 Å². The Morgan fingerprint density at radius 3 is 2.48 bits per heavy atom. The van der Waals surface area contributed by atoms with Crippen LogP contribution in [0, 0.1) is 0 Å². The molecule has 33 heavy (non-hydrogen) atoms. The minimum Gasteiger partial charge on any atom is -0.425 e. The number of benzene rings is 4. The summed E-state index contributed by atoms with van der Waals surface area (Å²) >= 11 is 6.32. The Morgan fingerprint density at radius 2 is 1.64 bits per heavy atom. The van der Waals surface area contributed by atoms with Crippen LogP contribution in [0.3, 0.4) is 0 Å². The van der Waals surface area contributed by atoms with E-state index in [4.69, 9.17) is 21.1 Å². The predicted molar refractivity (Wildman–Crippen MR) is 132 cm³/mol. The lowest BCUT2D eigenvalue weighted by Gasteiger charge is -2.37. The third-order valence-corrected chi connectivity index (χ3v) is 6.32. The van der Waals surface area contributed by atoms with Crippen LogP contribution >= 0.6 is 11.6 Å². The molecule has 0 saturated carbocycles. The van der Waals surface area contributed by atoms with Gasteiger partial charge in [0.2, 0.25) is 5.79 Å². The molecule has 0 heterocycles. The summed E-state index contributed by atoms with van der Waals surface area (Å²) in [5.74, 6) is -1.80. The van der Waals surface area contributed by atoms with E-state index in [0.29, 0.717) is 23.6 Å². The van der Waals surface area contributed by atoms with Crippen molar-refractivity contribution >= 4 is 40.0 Å². The minimum atomic E-state index is -1.29. The summed E-state index contributed by atoms with van der Waals surface area (Å²) in [6.07, 6.45) is 2.46. The highest BCUT2D eigenvalue weighted by Crippen LogP contribution is 2.38. The molecule has 0 aliphatic heterocycles. The summed E-state index contributed by atoms with van der Waals surface area (Å²) in [5.41, 5.74) is 2.14. The van der Waals surface area contributed by atoms with Crippen LogP contribution in [0.25, 0.3) is 22.4 Å². The molecule has 5 rings (SSSR count). The van der Waals surface area contributed by atoms with Crippen molar-refractivity contribution in [3.05, 3.63) is 118 Å². The largest absolute Gasteiger partial charge is 0.425 e. The van der Waals surface area contributed by atoms with E-state index >= 15 is 0 Å². The van der Waals surface area contributed by atoms with E-state index in [1.165, 1.54) is 0 Å². The number of carbonyl (C=O) groups excluding carboxylic acids is 1. The first-order valence-corrected chi connectivity index (χ1v) is 11.4. The lowest BCUT2D eigenvalue weighted by molar-refractivity contribution is -0.155. The topological polar surface area (TPSA) is 35.5 Å². The number of hydrogen-bond donors (Lipinski definition) is 0. The van der Waals surface area contributed by atoms with E-state index in [1.807, 2.05) is 37.3 Å². The number of carbonyl (C=O) groups is 1. The Balaban J connectivity index is 1.78. The van der Waals surface area contributed by atoms with E-state index in [1.54, 1.807) is 24.3 Å². The Morgan fingerprint density at radius 1 is 0.909 bits per heavy atom. The molecule has 0 fully saturated rings. The third-order valence-electron chi connectivity index (χ3n) is 5.99. The van der Waals surface area contributed by atoms with Crippen LogP contribution < -0.4 is 10.4 Å². The van der Waals surface area contributed by atoms with Crippen molar-refractivity contribution < 1.29 is 14.3 Å².